The summed E-state index contributed by atoms with van der Waals surface area (Å²) in [6, 6.07) is 3.23. The highest BCUT2D eigenvalue weighted by atomic mass is 15.1. The molecule has 0 aromatic rings. The molecule has 0 amide bonds. The van der Waals surface area contributed by atoms with E-state index >= 15 is 0 Å². The van der Waals surface area contributed by atoms with E-state index < -0.39 is 0 Å². The second kappa shape index (κ2) is 6.02. The first kappa shape index (κ1) is 11.4. The van der Waals surface area contributed by atoms with Crippen LogP contribution >= 0.6 is 0 Å². The van der Waals surface area contributed by atoms with Gasteiger partial charge in [-0.25, -0.2) is 0 Å². The van der Waals surface area contributed by atoms with Crippen LogP contribution < -0.4 is 0 Å². The minimum Gasteiger partial charge on any atom is -0.300 e. The third kappa shape index (κ3) is 3.23. The molecule has 12 heavy (non-hydrogen) atoms. The highest BCUT2D eigenvalue weighted by molar-refractivity contribution is 4.81. The molecule has 0 saturated carbocycles. The molecule has 0 aliphatic rings. The summed E-state index contributed by atoms with van der Waals surface area (Å²) in [5.41, 5.74) is 0. The van der Waals surface area contributed by atoms with Gasteiger partial charge in [-0.3, -0.25) is 4.90 Å². The van der Waals surface area contributed by atoms with Gasteiger partial charge in [0.1, 0.15) is 0 Å². The lowest BCUT2D eigenvalue weighted by molar-refractivity contribution is 0.176. The van der Waals surface area contributed by atoms with Gasteiger partial charge >= 0.3 is 0 Å². The molecule has 0 saturated heterocycles. The number of nitriles is 1. The molecule has 1 atom stereocenters. The van der Waals surface area contributed by atoms with Crippen LogP contribution in [0.25, 0.3) is 0 Å². The topological polar surface area (TPSA) is 27.0 Å². The number of rotatable bonds is 5. The summed E-state index contributed by atoms with van der Waals surface area (Å²) in [6.07, 6.45) is 2.97. The molecule has 0 aliphatic heterocycles. The highest BCUT2D eigenvalue weighted by Gasteiger charge is 2.15. The van der Waals surface area contributed by atoms with Gasteiger partial charge in [0.05, 0.1) is 12.5 Å². The molecule has 1 unspecified atom stereocenters. The molecular formula is C10H20N2. The van der Waals surface area contributed by atoms with Crippen molar-refractivity contribution >= 4 is 0 Å². The zero-order chi connectivity index (χ0) is 9.56. The van der Waals surface area contributed by atoms with Gasteiger partial charge in [-0.1, -0.05) is 13.8 Å². The zero-order valence-corrected chi connectivity index (χ0v) is 8.67. The number of hydrogen-bond donors (Lipinski definition) is 0. The average molecular weight is 168 g/mol. The van der Waals surface area contributed by atoms with Crippen molar-refractivity contribution in [1.82, 2.24) is 4.90 Å². The Morgan fingerprint density at radius 3 is 2.17 bits per heavy atom. The molecule has 2 nitrogen and oxygen atoms in total. The first-order chi connectivity index (χ1) is 5.67. The number of nitrogens with zero attached hydrogens (tertiary/aromatic N) is 2. The summed E-state index contributed by atoms with van der Waals surface area (Å²) in [7, 11) is 2.11. The molecule has 0 aliphatic carbocycles. The van der Waals surface area contributed by atoms with Crippen molar-refractivity contribution in [1.29, 1.82) is 5.26 Å². The Morgan fingerprint density at radius 2 is 1.83 bits per heavy atom. The normalized spacial score (nSPS) is 13.4. The van der Waals surface area contributed by atoms with Crippen LogP contribution in [0.15, 0.2) is 0 Å². The first-order valence-corrected chi connectivity index (χ1v) is 4.76. The molecule has 0 rings (SSSR count). The molecule has 0 aromatic heterocycles. The van der Waals surface area contributed by atoms with E-state index in [9.17, 15) is 0 Å². The fourth-order valence-corrected chi connectivity index (χ4v) is 1.50. The minimum atomic E-state index is 0.389. The Morgan fingerprint density at radius 1 is 1.33 bits per heavy atom. The first-order valence-electron chi connectivity index (χ1n) is 4.76. The Labute approximate surface area is 76.2 Å². The smallest absolute Gasteiger partial charge is 0.0638 e. The van der Waals surface area contributed by atoms with Gasteiger partial charge < -0.3 is 0 Å². The van der Waals surface area contributed by atoms with Crippen LogP contribution in [0.4, 0.5) is 0 Å². The van der Waals surface area contributed by atoms with E-state index in [-0.39, 0.29) is 0 Å². The Kier molecular flexibility index (Phi) is 5.74. The van der Waals surface area contributed by atoms with Crippen molar-refractivity contribution in [2.45, 2.75) is 52.1 Å². The van der Waals surface area contributed by atoms with Crippen LogP contribution in [-0.4, -0.2) is 24.0 Å². The van der Waals surface area contributed by atoms with Crippen LogP contribution in [0.2, 0.25) is 0 Å². The fourth-order valence-electron chi connectivity index (χ4n) is 1.50. The van der Waals surface area contributed by atoms with Crippen molar-refractivity contribution in [2.75, 3.05) is 7.05 Å². The summed E-state index contributed by atoms with van der Waals surface area (Å²) in [4.78, 5) is 2.31. The van der Waals surface area contributed by atoms with Gasteiger partial charge in [0, 0.05) is 12.1 Å². The van der Waals surface area contributed by atoms with Gasteiger partial charge in [-0.05, 0) is 26.8 Å². The largest absolute Gasteiger partial charge is 0.300 e. The highest BCUT2D eigenvalue weighted by Crippen LogP contribution is 2.11. The minimum absolute atomic E-state index is 0.389. The van der Waals surface area contributed by atoms with Crippen LogP contribution in [-0.2, 0) is 0 Å². The molecule has 0 spiro atoms. The van der Waals surface area contributed by atoms with E-state index in [1.54, 1.807) is 0 Å². The van der Waals surface area contributed by atoms with Crippen molar-refractivity contribution in [3.05, 3.63) is 0 Å². The molecule has 0 aromatic carbocycles. The van der Waals surface area contributed by atoms with Crippen LogP contribution in [0.5, 0.6) is 0 Å². The standard InChI is InChI=1S/C10H20N2/c1-5-10(6-2)12(4)9(3)7-8-11/h9-10H,5-7H2,1-4H3. The maximum atomic E-state index is 8.54. The molecule has 0 radical (unpaired) electrons. The second-order valence-electron chi connectivity index (χ2n) is 3.35. The molecule has 0 bridgehead atoms. The molecule has 0 N–H and O–H groups in total. The van der Waals surface area contributed by atoms with E-state index in [2.05, 4.69) is 38.8 Å². The predicted molar refractivity (Wildman–Crippen MR) is 51.8 cm³/mol. The lowest BCUT2D eigenvalue weighted by atomic mass is 10.1. The van der Waals surface area contributed by atoms with Gasteiger partial charge in [0.15, 0.2) is 0 Å². The fraction of sp³-hybridized carbons (Fsp3) is 0.900. The van der Waals surface area contributed by atoms with Crippen molar-refractivity contribution in [2.24, 2.45) is 0 Å². The maximum absolute atomic E-state index is 8.54. The monoisotopic (exact) mass is 168 g/mol. The summed E-state index contributed by atoms with van der Waals surface area (Å²) >= 11 is 0. The summed E-state index contributed by atoms with van der Waals surface area (Å²) in [5.74, 6) is 0. The van der Waals surface area contributed by atoms with Gasteiger partial charge in [-0.2, -0.15) is 5.26 Å². The van der Waals surface area contributed by atoms with Gasteiger partial charge in [0.25, 0.3) is 0 Å². The van der Waals surface area contributed by atoms with Crippen molar-refractivity contribution in [3.8, 4) is 6.07 Å². The Balaban J connectivity index is 3.98. The predicted octanol–water partition coefficient (Wildman–Crippen LogP) is 2.41. The maximum Gasteiger partial charge on any atom is 0.0638 e. The number of hydrogen-bond acceptors (Lipinski definition) is 2. The third-order valence-corrected chi connectivity index (χ3v) is 2.60. The van der Waals surface area contributed by atoms with Gasteiger partial charge in [-0.15, -0.1) is 0 Å². The summed E-state index contributed by atoms with van der Waals surface area (Å²) < 4.78 is 0. The van der Waals surface area contributed by atoms with Crippen molar-refractivity contribution < 1.29 is 0 Å². The third-order valence-electron chi connectivity index (χ3n) is 2.60. The molecule has 0 fully saturated rings. The average Bonchev–Trinajstić information content (AvgIpc) is 2.07. The van der Waals surface area contributed by atoms with Crippen LogP contribution in [0, 0.1) is 11.3 Å². The lowest BCUT2D eigenvalue weighted by Crippen LogP contribution is -2.37. The zero-order valence-electron chi connectivity index (χ0n) is 8.67. The van der Waals surface area contributed by atoms with Gasteiger partial charge in [0.2, 0.25) is 0 Å². The van der Waals surface area contributed by atoms with E-state index in [1.165, 1.54) is 12.8 Å². The summed E-state index contributed by atoms with van der Waals surface area (Å²) in [5, 5.41) is 8.54. The lowest BCUT2D eigenvalue weighted by Gasteiger charge is -2.30. The second-order valence-corrected chi connectivity index (χ2v) is 3.35. The van der Waals surface area contributed by atoms with E-state index in [0.29, 0.717) is 18.5 Å². The quantitative estimate of drug-likeness (QED) is 0.630. The Hall–Kier alpha value is -0.550. The van der Waals surface area contributed by atoms with Crippen LogP contribution in [0.1, 0.15) is 40.0 Å². The van der Waals surface area contributed by atoms with Crippen LogP contribution in [0.3, 0.4) is 0 Å². The molecule has 2 heteroatoms. The summed E-state index contributed by atoms with van der Waals surface area (Å²) in [6.45, 7) is 6.51. The van der Waals surface area contributed by atoms with Crippen molar-refractivity contribution in [3.63, 3.8) is 0 Å². The van der Waals surface area contributed by atoms with E-state index in [4.69, 9.17) is 5.26 Å². The Bertz CT molecular complexity index is 144. The molecular weight excluding hydrogens is 148 g/mol. The van der Waals surface area contributed by atoms with E-state index in [0.717, 1.165) is 0 Å². The molecule has 0 heterocycles. The SMILES string of the molecule is CCC(CC)N(C)C(C)CC#N. The molecule has 70 valence electrons. The van der Waals surface area contributed by atoms with E-state index in [1.807, 2.05) is 0 Å².